The molecular weight excluding hydrogens is 338 g/mol. The highest BCUT2D eigenvalue weighted by atomic mass is 16.8. The zero-order valence-electron chi connectivity index (χ0n) is 15.6. The van der Waals surface area contributed by atoms with Crippen molar-refractivity contribution < 1.29 is 28.8 Å². The molecule has 144 valence electrons. The van der Waals surface area contributed by atoms with E-state index in [1.54, 1.807) is 13.8 Å². The van der Waals surface area contributed by atoms with Crippen molar-refractivity contribution >= 4 is 5.91 Å². The van der Waals surface area contributed by atoms with E-state index in [1.807, 2.05) is 24.3 Å². The first kappa shape index (κ1) is 19.1. The smallest absolute Gasteiger partial charge is 0.223 e. The van der Waals surface area contributed by atoms with Gasteiger partial charge in [-0.15, -0.1) is 0 Å². The van der Waals surface area contributed by atoms with Gasteiger partial charge < -0.3 is 29.4 Å². The molecule has 0 spiro atoms. The van der Waals surface area contributed by atoms with Crippen molar-refractivity contribution in [2.45, 2.75) is 70.5 Å². The molecule has 1 aromatic rings. The molecule has 0 aliphatic carbocycles. The van der Waals surface area contributed by atoms with E-state index in [0.29, 0.717) is 5.75 Å². The topological polar surface area (TPSA) is 86.2 Å². The largest absolute Gasteiger partial charge is 0.463 e. The Morgan fingerprint density at radius 2 is 2.19 bits per heavy atom. The van der Waals surface area contributed by atoms with Gasteiger partial charge in [0.05, 0.1) is 6.61 Å². The minimum atomic E-state index is -0.986. The summed E-state index contributed by atoms with van der Waals surface area (Å²) in [6.45, 7) is 7.28. The van der Waals surface area contributed by atoms with E-state index >= 15 is 0 Å². The van der Waals surface area contributed by atoms with Crippen molar-refractivity contribution in [1.82, 2.24) is 5.32 Å². The number of carbonyl (C=O) groups is 1. The van der Waals surface area contributed by atoms with Gasteiger partial charge in [-0.1, -0.05) is 19.1 Å². The maximum atomic E-state index is 11.6. The first-order chi connectivity index (χ1) is 12.3. The summed E-state index contributed by atoms with van der Waals surface area (Å²) in [7, 11) is 0. The Kier molecular flexibility index (Phi) is 5.53. The molecule has 26 heavy (non-hydrogen) atoms. The molecule has 0 radical (unpaired) electrons. The van der Waals surface area contributed by atoms with Crippen molar-refractivity contribution in [3.05, 3.63) is 29.8 Å². The molecule has 0 saturated carbocycles. The third-order valence-electron chi connectivity index (χ3n) is 4.62. The van der Waals surface area contributed by atoms with Gasteiger partial charge in [-0.3, -0.25) is 4.79 Å². The van der Waals surface area contributed by atoms with Crippen molar-refractivity contribution in [3.8, 4) is 5.75 Å². The number of hydrogen-bond donors (Lipinski definition) is 2. The molecule has 7 nitrogen and oxygen atoms in total. The molecule has 0 aromatic heterocycles. The fourth-order valence-electron chi connectivity index (χ4n) is 3.31. The van der Waals surface area contributed by atoms with E-state index in [-0.39, 0.29) is 12.5 Å². The molecule has 2 saturated heterocycles. The van der Waals surface area contributed by atoms with Crippen LogP contribution < -0.4 is 10.1 Å². The lowest BCUT2D eigenvalue weighted by Crippen LogP contribution is -2.69. The van der Waals surface area contributed by atoms with Gasteiger partial charge in [-0.25, -0.2) is 0 Å². The van der Waals surface area contributed by atoms with Gasteiger partial charge in [-0.2, -0.15) is 0 Å². The monoisotopic (exact) mass is 365 g/mol. The molecular formula is C19H27NO6. The highest BCUT2D eigenvalue weighted by Gasteiger charge is 2.52. The maximum absolute atomic E-state index is 11.6. The number of aliphatic hydroxyl groups excluding tert-OH is 1. The molecule has 2 fully saturated rings. The average Bonchev–Trinajstić information content (AvgIpc) is 2.58. The molecule has 7 heteroatoms. The Morgan fingerprint density at radius 3 is 2.88 bits per heavy atom. The van der Waals surface area contributed by atoms with E-state index in [2.05, 4.69) is 12.2 Å². The molecule has 2 N–H and O–H groups in total. The van der Waals surface area contributed by atoms with Crippen LogP contribution >= 0.6 is 0 Å². The van der Waals surface area contributed by atoms with Gasteiger partial charge in [-0.05, 0) is 38.0 Å². The normalized spacial score (nSPS) is 33.2. The van der Waals surface area contributed by atoms with E-state index in [4.69, 9.17) is 18.9 Å². The van der Waals surface area contributed by atoms with Crippen LogP contribution in [0.2, 0.25) is 0 Å². The Bertz CT molecular complexity index is 649. The van der Waals surface area contributed by atoms with Gasteiger partial charge >= 0.3 is 0 Å². The molecule has 0 bridgehead atoms. The van der Waals surface area contributed by atoms with Gasteiger partial charge in [0.2, 0.25) is 12.2 Å². The van der Waals surface area contributed by atoms with Crippen LogP contribution in [0.15, 0.2) is 24.3 Å². The van der Waals surface area contributed by atoms with E-state index in [1.165, 1.54) is 6.92 Å². The van der Waals surface area contributed by atoms with Crippen molar-refractivity contribution in [2.24, 2.45) is 0 Å². The highest BCUT2D eigenvalue weighted by molar-refractivity contribution is 5.73. The molecule has 2 heterocycles. The van der Waals surface area contributed by atoms with Crippen LogP contribution in [0.25, 0.3) is 0 Å². The summed E-state index contributed by atoms with van der Waals surface area (Å²) in [6.07, 6.45) is -2.06. The SMILES string of the molecule is CCc1cccc(O[C@H]2O[C@H]3COC(C)(C)O[C@@H]3[C@@H](O)[C@@H]2NC(C)=O)c1. The quantitative estimate of drug-likeness (QED) is 0.838. The number of rotatable bonds is 4. The number of carbonyl (C=O) groups excluding carboxylic acids is 1. The molecule has 5 atom stereocenters. The molecule has 1 amide bonds. The maximum Gasteiger partial charge on any atom is 0.223 e. The molecule has 1 aromatic carbocycles. The van der Waals surface area contributed by atoms with Crippen LogP contribution in [-0.2, 0) is 25.4 Å². The lowest BCUT2D eigenvalue weighted by Gasteiger charge is -2.49. The van der Waals surface area contributed by atoms with Crippen LogP contribution in [0.5, 0.6) is 5.75 Å². The van der Waals surface area contributed by atoms with E-state index < -0.39 is 36.4 Å². The van der Waals surface area contributed by atoms with Gasteiger partial charge in [0.15, 0.2) is 5.79 Å². The van der Waals surface area contributed by atoms with Crippen LogP contribution in [0.1, 0.15) is 33.3 Å². The average molecular weight is 365 g/mol. The second kappa shape index (κ2) is 7.52. The van der Waals surface area contributed by atoms with Crippen molar-refractivity contribution in [2.75, 3.05) is 6.61 Å². The Hall–Kier alpha value is -1.67. The third kappa shape index (κ3) is 4.17. The van der Waals surface area contributed by atoms with Crippen LogP contribution in [0, 0.1) is 0 Å². The zero-order chi connectivity index (χ0) is 18.9. The first-order valence-corrected chi connectivity index (χ1v) is 8.97. The van der Waals surface area contributed by atoms with E-state index in [9.17, 15) is 9.90 Å². The van der Waals surface area contributed by atoms with Crippen LogP contribution in [-0.4, -0.2) is 54.1 Å². The summed E-state index contributed by atoms with van der Waals surface area (Å²) >= 11 is 0. The standard InChI is InChI=1S/C19H27NO6/c1-5-12-7-6-8-13(9-12)24-18-15(20-11(2)21)16(22)17-14(25-18)10-23-19(3,4)26-17/h6-9,14-18,22H,5,10H2,1-4H3,(H,20,21)/t14-,15-,16-,17-,18-/m0/s1. The zero-order valence-corrected chi connectivity index (χ0v) is 15.6. The first-order valence-electron chi connectivity index (χ1n) is 8.97. The lowest BCUT2D eigenvalue weighted by atomic mass is 9.95. The third-order valence-corrected chi connectivity index (χ3v) is 4.62. The second-order valence-electron chi connectivity index (χ2n) is 7.17. The summed E-state index contributed by atoms with van der Waals surface area (Å²) in [5.74, 6) is -0.484. The minimum Gasteiger partial charge on any atom is -0.463 e. The predicted octanol–water partition coefficient (Wildman–Crippen LogP) is 1.37. The Balaban J connectivity index is 1.81. The fourth-order valence-corrected chi connectivity index (χ4v) is 3.31. The van der Waals surface area contributed by atoms with Gasteiger partial charge in [0.25, 0.3) is 0 Å². The number of amides is 1. The number of hydrogen-bond acceptors (Lipinski definition) is 6. The van der Waals surface area contributed by atoms with E-state index in [0.717, 1.165) is 12.0 Å². The summed E-state index contributed by atoms with van der Waals surface area (Å²) in [6, 6.07) is 6.90. The number of nitrogens with one attached hydrogen (secondary N) is 1. The number of benzene rings is 1. The second-order valence-corrected chi connectivity index (χ2v) is 7.17. The van der Waals surface area contributed by atoms with Gasteiger partial charge in [0.1, 0.15) is 30.1 Å². The summed E-state index contributed by atoms with van der Waals surface area (Å²) < 4.78 is 23.4. The Morgan fingerprint density at radius 1 is 1.42 bits per heavy atom. The Labute approximate surface area is 153 Å². The number of fused-ring (bicyclic) bond motifs is 1. The highest BCUT2D eigenvalue weighted by Crippen LogP contribution is 2.33. The number of aryl methyl sites for hydroxylation is 1. The summed E-state index contributed by atoms with van der Waals surface area (Å²) in [4.78, 5) is 11.6. The molecule has 0 unspecified atom stereocenters. The van der Waals surface area contributed by atoms with Crippen LogP contribution in [0.4, 0.5) is 0 Å². The van der Waals surface area contributed by atoms with Crippen molar-refractivity contribution in [3.63, 3.8) is 0 Å². The molecule has 2 aliphatic rings. The lowest BCUT2D eigenvalue weighted by molar-refractivity contribution is -0.361. The summed E-state index contributed by atoms with van der Waals surface area (Å²) in [5, 5.41) is 13.6. The number of aliphatic hydroxyl groups is 1. The number of ether oxygens (including phenoxy) is 4. The summed E-state index contributed by atoms with van der Waals surface area (Å²) in [5.41, 5.74) is 1.12. The van der Waals surface area contributed by atoms with Gasteiger partial charge in [0, 0.05) is 6.92 Å². The predicted molar refractivity (Wildman–Crippen MR) is 93.6 cm³/mol. The molecule has 2 aliphatic heterocycles. The van der Waals surface area contributed by atoms with Crippen molar-refractivity contribution in [1.29, 1.82) is 0 Å². The molecule has 3 rings (SSSR count). The fraction of sp³-hybridized carbons (Fsp3) is 0.632. The van der Waals surface area contributed by atoms with Crippen LogP contribution in [0.3, 0.4) is 0 Å². The minimum absolute atomic E-state index is 0.274.